The van der Waals surface area contributed by atoms with E-state index in [1.54, 1.807) is 11.1 Å². The van der Waals surface area contributed by atoms with Gasteiger partial charge in [0.25, 0.3) is 0 Å². The van der Waals surface area contributed by atoms with E-state index >= 15 is 0 Å². The molecule has 1 fully saturated rings. The number of hydrogen-bond acceptors (Lipinski definition) is 5. The third-order valence-corrected chi connectivity index (χ3v) is 4.65. The third-order valence-electron chi connectivity index (χ3n) is 4.65. The molecule has 1 amide bonds. The minimum absolute atomic E-state index is 0.0565. The zero-order chi connectivity index (χ0) is 18.2. The van der Waals surface area contributed by atoms with Crippen LogP contribution in [0.1, 0.15) is 24.1 Å². The lowest BCUT2D eigenvalue weighted by Gasteiger charge is -2.31. The fourth-order valence-electron chi connectivity index (χ4n) is 3.07. The number of anilines is 1. The Hall–Kier alpha value is -2.60. The number of ether oxygens (including phenoxy) is 1. The molecule has 2 aromatic rings. The van der Waals surface area contributed by atoms with Crippen molar-refractivity contribution in [2.45, 2.75) is 26.1 Å². The van der Waals surface area contributed by atoms with E-state index in [4.69, 9.17) is 9.84 Å². The van der Waals surface area contributed by atoms with Crippen LogP contribution in [0.2, 0.25) is 0 Å². The van der Waals surface area contributed by atoms with Crippen molar-refractivity contribution in [2.24, 2.45) is 5.92 Å². The normalized spacial score (nSPS) is 14.9. The number of aromatic nitrogens is 1. The lowest BCUT2D eigenvalue weighted by molar-refractivity contribution is 0.0832. The standard InChI is InChI=1S/C20H25N3O3/c24-14-19-12-18(6-9-21-19)22-13-16-7-10-23(11-8-16)20(25)26-15-17-4-2-1-3-5-17/h1-6,9,12,16,24H,7-8,10-11,13-15H2,(H,21,22). The molecule has 6 heteroatoms. The third kappa shape index (κ3) is 5.20. The molecule has 0 saturated carbocycles. The van der Waals surface area contributed by atoms with Gasteiger partial charge in [-0.3, -0.25) is 4.98 Å². The monoisotopic (exact) mass is 355 g/mol. The van der Waals surface area contributed by atoms with Gasteiger partial charge in [-0.25, -0.2) is 4.79 Å². The van der Waals surface area contributed by atoms with Gasteiger partial charge in [0.2, 0.25) is 0 Å². The quantitative estimate of drug-likeness (QED) is 0.833. The Balaban J connectivity index is 1.38. The molecule has 0 atom stereocenters. The predicted octanol–water partition coefficient (Wildman–Crippen LogP) is 3.03. The summed E-state index contributed by atoms with van der Waals surface area (Å²) in [5, 5.41) is 12.5. The van der Waals surface area contributed by atoms with Crippen LogP contribution in [0, 0.1) is 5.92 Å². The van der Waals surface area contributed by atoms with Gasteiger partial charge in [-0.05, 0) is 36.5 Å². The second kappa shape index (κ2) is 9.20. The van der Waals surface area contributed by atoms with E-state index in [-0.39, 0.29) is 12.7 Å². The summed E-state index contributed by atoms with van der Waals surface area (Å²) in [4.78, 5) is 18.0. The highest BCUT2D eigenvalue weighted by atomic mass is 16.6. The topological polar surface area (TPSA) is 74.7 Å². The van der Waals surface area contributed by atoms with Gasteiger partial charge in [0.05, 0.1) is 12.3 Å². The average molecular weight is 355 g/mol. The van der Waals surface area contributed by atoms with Gasteiger partial charge >= 0.3 is 6.09 Å². The summed E-state index contributed by atoms with van der Waals surface area (Å²) in [5.74, 6) is 0.513. The first-order valence-corrected chi connectivity index (χ1v) is 9.00. The molecule has 26 heavy (non-hydrogen) atoms. The van der Waals surface area contributed by atoms with Crippen LogP contribution < -0.4 is 5.32 Å². The maximum atomic E-state index is 12.2. The molecule has 1 aromatic heterocycles. The van der Waals surface area contributed by atoms with Crippen LogP contribution in [-0.4, -0.2) is 40.7 Å². The highest BCUT2D eigenvalue weighted by Crippen LogP contribution is 2.19. The molecule has 2 heterocycles. The molecule has 1 aliphatic heterocycles. The molecule has 0 bridgehead atoms. The molecular weight excluding hydrogens is 330 g/mol. The van der Waals surface area contributed by atoms with Crippen molar-refractivity contribution in [1.29, 1.82) is 0 Å². The Labute approximate surface area is 153 Å². The fraction of sp³-hybridized carbons (Fsp3) is 0.400. The number of aliphatic hydroxyl groups is 1. The van der Waals surface area contributed by atoms with Gasteiger partial charge in [-0.2, -0.15) is 0 Å². The molecule has 0 aliphatic carbocycles. The van der Waals surface area contributed by atoms with Crippen molar-refractivity contribution in [3.05, 3.63) is 59.9 Å². The van der Waals surface area contributed by atoms with Crippen molar-refractivity contribution in [3.8, 4) is 0 Å². The minimum Gasteiger partial charge on any atom is -0.445 e. The van der Waals surface area contributed by atoms with Crippen LogP contribution in [-0.2, 0) is 18.0 Å². The van der Waals surface area contributed by atoms with Gasteiger partial charge in [0.1, 0.15) is 6.61 Å². The van der Waals surface area contributed by atoms with E-state index in [1.807, 2.05) is 42.5 Å². The summed E-state index contributed by atoms with van der Waals surface area (Å²) < 4.78 is 5.40. The zero-order valence-electron chi connectivity index (χ0n) is 14.8. The molecule has 0 unspecified atom stereocenters. The number of pyridine rings is 1. The fourth-order valence-corrected chi connectivity index (χ4v) is 3.07. The van der Waals surface area contributed by atoms with Crippen LogP contribution in [0.15, 0.2) is 48.7 Å². The van der Waals surface area contributed by atoms with Crippen LogP contribution in [0.4, 0.5) is 10.5 Å². The molecule has 1 aromatic carbocycles. The molecule has 1 saturated heterocycles. The number of amides is 1. The van der Waals surface area contributed by atoms with Crippen LogP contribution in [0.25, 0.3) is 0 Å². The predicted molar refractivity (Wildman–Crippen MR) is 99.6 cm³/mol. The lowest BCUT2D eigenvalue weighted by Crippen LogP contribution is -2.40. The first-order valence-electron chi connectivity index (χ1n) is 9.00. The zero-order valence-corrected chi connectivity index (χ0v) is 14.8. The van der Waals surface area contributed by atoms with Gasteiger partial charge in [0, 0.05) is 31.5 Å². The number of likely N-dealkylation sites (tertiary alicyclic amines) is 1. The molecule has 0 radical (unpaired) electrons. The van der Waals surface area contributed by atoms with Gasteiger partial charge < -0.3 is 20.1 Å². The smallest absolute Gasteiger partial charge is 0.410 e. The van der Waals surface area contributed by atoms with E-state index < -0.39 is 0 Å². The van der Waals surface area contributed by atoms with Gasteiger partial charge in [0.15, 0.2) is 0 Å². The maximum Gasteiger partial charge on any atom is 0.410 e. The number of hydrogen-bond donors (Lipinski definition) is 2. The van der Waals surface area contributed by atoms with E-state index in [1.165, 1.54) is 0 Å². The number of nitrogens with one attached hydrogen (secondary N) is 1. The van der Waals surface area contributed by atoms with Gasteiger partial charge in [-0.15, -0.1) is 0 Å². The Morgan fingerprint density at radius 2 is 2.00 bits per heavy atom. The molecule has 138 valence electrons. The lowest BCUT2D eigenvalue weighted by atomic mass is 9.97. The summed E-state index contributed by atoms with van der Waals surface area (Å²) in [6.45, 7) is 2.55. The second-order valence-electron chi connectivity index (χ2n) is 6.55. The largest absolute Gasteiger partial charge is 0.445 e. The van der Waals surface area contributed by atoms with E-state index in [9.17, 15) is 4.79 Å². The van der Waals surface area contributed by atoms with Crippen molar-refractivity contribution in [3.63, 3.8) is 0 Å². The average Bonchev–Trinajstić information content (AvgIpc) is 2.72. The Morgan fingerprint density at radius 1 is 1.23 bits per heavy atom. The Morgan fingerprint density at radius 3 is 2.73 bits per heavy atom. The number of aliphatic hydroxyl groups excluding tert-OH is 1. The number of carbonyl (C=O) groups is 1. The SMILES string of the molecule is O=C(OCc1ccccc1)N1CCC(CNc2ccnc(CO)c2)CC1. The molecule has 3 rings (SSSR count). The second-order valence-corrected chi connectivity index (χ2v) is 6.55. The summed E-state index contributed by atoms with van der Waals surface area (Å²) in [6, 6.07) is 13.5. The molecule has 2 N–H and O–H groups in total. The number of piperidine rings is 1. The Bertz CT molecular complexity index is 700. The highest BCUT2D eigenvalue weighted by Gasteiger charge is 2.23. The van der Waals surface area contributed by atoms with Crippen molar-refractivity contribution in [2.75, 3.05) is 25.0 Å². The first-order chi connectivity index (χ1) is 12.7. The summed E-state index contributed by atoms with van der Waals surface area (Å²) >= 11 is 0. The van der Waals surface area contributed by atoms with Crippen molar-refractivity contribution >= 4 is 11.8 Å². The molecule has 1 aliphatic rings. The molecule has 6 nitrogen and oxygen atoms in total. The van der Waals surface area contributed by atoms with Crippen LogP contribution in [0.5, 0.6) is 0 Å². The number of nitrogens with zero attached hydrogens (tertiary/aromatic N) is 2. The Kier molecular flexibility index (Phi) is 6.44. The summed E-state index contributed by atoms with van der Waals surface area (Å²) in [5.41, 5.74) is 2.62. The summed E-state index contributed by atoms with van der Waals surface area (Å²) in [6.07, 6.45) is 3.36. The van der Waals surface area contributed by atoms with Crippen molar-refractivity contribution in [1.82, 2.24) is 9.88 Å². The number of benzene rings is 1. The molecule has 0 spiro atoms. The van der Waals surface area contributed by atoms with Crippen LogP contribution >= 0.6 is 0 Å². The summed E-state index contributed by atoms with van der Waals surface area (Å²) in [7, 11) is 0. The maximum absolute atomic E-state index is 12.2. The minimum atomic E-state index is -0.234. The highest BCUT2D eigenvalue weighted by molar-refractivity contribution is 5.67. The van der Waals surface area contributed by atoms with Crippen molar-refractivity contribution < 1.29 is 14.6 Å². The number of carbonyl (C=O) groups excluding carboxylic acids is 1. The van der Waals surface area contributed by atoms with E-state index in [0.717, 1.165) is 43.7 Å². The first kappa shape index (κ1) is 18.2. The van der Waals surface area contributed by atoms with Gasteiger partial charge in [-0.1, -0.05) is 30.3 Å². The number of rotatable bonds is 6. The van der Waals surface area contributed by atoms with E-state index in [0.29, 0.717) is 18.2 Å². The van der Waals surface area contributed by atoms with E-state index in [2.05, 4.69) is 10.3 Å². The molecular formula is C20H25N3O3. The van der Waals surface area contributed by atoms with Crippen LogP contribution in [0.3, 0.4) is 0 Å².